The van der Waals surface area contributed by atoms with Crippen LogP contribution in [-0.2, 0) is 6.54 Å². The normalized spacial score (nSPS) is 18.7. The summed E-state index contributed by atoms with van der Waals surface area (Å²) < 4.78 is 7.72. The number of aromatic nitrogens is 3. The van der Waals surface area contributed by atoms with Gasteiger partial charge in [0.25, 0.3) is 0 Å². The van der Waals surface area contributed by atoms with Crippen LogP contribution in [0.3, 0.4) is 0 Å². The summed E-state index contributed by atoms with van der Waals surface area (Å²) in [6.07, 6.45) is 7.58. The summed E-state index contributed by atoms with van der Waals surface area (Å²) >= 11 is 0. The van der Waals surface area contributed by atoms with Crippen LogP contribution in [0, 0.1) is 0 Å². The van der Waals surface area contributed by atoms with Crippen molar-refractivity contribution in [3.8, 4) is 11.3 Å². The minimum Gasteiger partial charge on any atom is -0.468 e. The molecule has 1 aliphatic rings. The summed E-state index contributed by atoms with van der Waals surface area (Å²) in [4.78, 5) is 13.9. The van der Waals surface area contributed by atoms with E-state index >= 15 is 0 Å². The molecule has 4 aromatic heterocycles. The quantitative estimate of drug-likeness (QED) is 0.548. The lowest BCUT2D eigenvalue weighted by Crippen LogP contribution is -2.46. The molecule has 0 unspecified atom stereocenters. The Labute approximate surface area is 164 Å². The molecule has 0 saturated carbocycles. The minimum atomic E-state index is 0.258. The van der Waals surface area contributed by atoms with Crippen LogP contribution in [0.4, 0.5) is 0 Å². The highest BCUT2D eigenvalue weighted by Crippen LogP contribution is 2.27. The molecule has 1 aliphatic heterocycles. The summed E-state index contributed by atoms with van der Waals surface area (Å²) in [5.41, 5.74) is 4.35. The fourth-order valence-electron chi connectivity index (χ4n) is 3.96. The average Bonchev–Trinajstić information content (AvgIpc) is 3.39. The van der Waals surface area contributed by atoms with Crippen LogP contribution in [0.2, 0.25) is 0 Å². The molecule has 1 fully saturated rings. The van der Waals surface area contributed by atoms with Gasteiger partial charge >= 0.3 is 0 Å². The second-order valence-corrected chi connectivity index (χ2v) is 7.35. The molecule has 0 bridgehead atoms. The van der Waals surface area contributed by atoms with E-state index in [1.165, 1.54) is 0 Å². The first kappa shape index (κ1) is 17.2. The van der Waals surface area contributed by atoms with E-state index in [-0.39, 0.29) is 6.04 Å². The molecule has 0 N–H and O–H groups in total. The number of piperazine rings is 1. The van der Waals surface area contributed by atoms with Crippen molar-refractivity contribution in [2.24, 2.45) is 0 Å². The molecule has 0 radical (unpaired) electrons. The van der Waals surface area contributed by atoms with Crippen molar-refractivity contribution in [2.45, 2.75) is 12.6 Å². The molecule has 4 aromatic rings. The van der Waals surface area contributed by atoms with E-state index in [4.69, 9.17) is 9.40 Å². The maximum absolute atomic E-state index is 5.54. The van der Waals surface area contributed by atoms with Crippen molar-refractivity contribution in [1.29, 1.82) is 0 Å². The molecule has 1 saturated heterocycles. The number of nitrogens with zero attached hydrogens (tertiary/aromatic N) is 5. The SMILES string of the molecule is CN1CCN(Cc2ccco2)C[C@@H]1c1cn2c(-c3ccncc3)cccc2n1. The molecule has 142 valence electrons. The lowest BCUT2D eigenvalue weighted by atomic mass is 10.1. The smallest absolute Gasteiger partial charge is 0.137 e. The van der Waals surface area contributed by atoms with Gasteiger partial charge in [0, 0.05) is 43.8 Å². The first-order chi connectivity index (χ1) is 13.8. The largest absolute Gasteiger partial charge is 0.468 e. The fourth-order valence-corrected chi connectivity index (χ4v) is 3.96. The van der Waals surface area contributed by atoms with Crippen LogP contribution in [0.1, 0.15) is 17.5 Å². The molecule has 6 heteroatoms. The summed E-state index contributed by atoms with van der Waals surface area (Å²) in [7, 11) is 2.18. The monoisotopic (exact) mass is 373 g/mol. The summed E-state index contributed by atoms with van der Waals surface area (Å²) in [5.74, 6) is 1.01. The molecule has 1 atom stereocenters. The number of likely N-dealkylation sites (N-methyl/N-ethyl adjacent to an activating group) is 1. The van der Waals surface area contributed by atoms with Gasteiger partial charge in [-0.1, -0.05) is 6.07 Å². The van der Waals surface area contributed by atoms with Gasteiger partial charge in [-0.05, 0) is 43.4 Å². The maximum atomic E-state index is 5.54. The third-order valence-corrected chi connectivity index (χ3v) is 5.52. The minimum absolute atomic E-state index is 0.258. The van der Waals surface area contributed by atoms with Gasteiger partial charge in [0.2, 0.25) is 0 Å². The van der Waals surface area contributed by atoms with Crippen LogP contribution >= 0.6 is 0 Å². The van der Waals surface area contributed by atoms with E-state index < -0.39 is 0 Å². The zero-order valence-corrected chi connectivity index (χ0v) is 15.9. The van der Waals surface area contributed by atoms with Crippen LogP contribution in [0.25, 0.3) is 16.9 Å². The molecular weight excluding hydrogens is 350 g/mol. The Morgan fingerprint density at radius 1 is 1.07 bits per heavy atom. The number of fused-ring (bicyclic) bond motifs is 1. The molecule has 0 aromatic carbocycles. The Balaban J connectivity index is 1.46. The van der Waals surface area contributed by atoms with E-state index in [2.05, 4.69) is 50.6 Å². The highest BCUT2D eigenvalue weighted by Gasteiger charge is 2.28. The Morgan fingerprint density at radius 3 is 2.79 bits per heavy atom. The molecular formula is C22H23N5O. The lowest BCUT2D eigenvalue weighted by molar-refractivity contribution is 0.0836. The van der Waals surface area contributed by atoms with Crippen molar-refractivity contribution in [3.05, 3.63) is 78.8 Å². The standard InChI is InChI=1S/C22H23N5O/c1-25-11-12-26(14-18-4-3-13-28-18)16-21(25)19-15-27-20(5-2-6-22(27)24-19)17-7-9-23-10-8-17/h2-10,13,15,21H,11-12,14,16H2,1H3/t21-/m1/s1. The van der Waals surface area contributed by atoms with Gasteiger partial charge < -0.3 is 4.42 Å². The first-order valence-electron chi connectivity index (χ1n) is 9.61. The van der Waals surface area contributed by atoms with E-state index in [0.717, 1.165) is 54.5 Å². The van der Waals surface area contributed by atoms with E-state index in [9.17, 15) is 0 Å². The van der Waals surface area contributed by atoms with Crippen molar-refractivity contribution in [3.63, 3.8) is 0 Å². The van der Waals surface area contributed by atoms with Crippen molar-refractivity contribution in [2.75, 3.05) is 26.7 Å². The number of pyridine rings is 2. The summed E-state index contributed by atoms with van der Waals surface area (Å²) in [6, 6.07) is 14.6. The first-order valence-corrected chi connectivity index (χ1v) is 9.61. The van der Waals surface area contributed by atoms with Gasteiger partial charge in [0.15, 0.2) is 0 Å². The van der Waals surface area contributed by atoms with Crippen LogP contribution < -0.4 is 0 Å². The van der Waals surface area contributed by atoms with Crippen molar-refractivity contribution >= 4 is 5.65 Å². The molecule has 5 rings (SSSR count). The predicted molar refractivity (Wildman–Crippen MR) is 108 cm³/mol. The van der Waals surface area contributed by atoms with Gasteiger partial charge in [-0.15, -0.1) is 0 Å². The highest BCUT2D eigenvalue weighted by atomic mass is 16.3. The Kier molecular flexibility index (Phi) is 4.43. The van der Waals surface area contributed by atoms with Gasteiger partial charge in [-0.2, -0.15) is 0 Å². The Bertz CT molecular complexity index is 1060. The summed E-state index contributed by atoms with van der Waals surface area (Å²) in [5, 5.41) is 0. The van der Waals surface area contributed by atoms with Crippen molar-refractivity contribution in [1.82, 2.24) is 24.2 Å². The molecule has 0 amide bonds. The van der Waals surface area contributed by atoms with Crippen LogP contribution in [0.5, 0.6) is 0 Å². The fraction of sp³-hybridized carbons (Fsp3) is 0.273. The second-order valence-electron chi connectivity index (χ2n) is 7.35. The topological polar surface area (TPSA) is 49.8 Å². The number of hydrogen-bond acceptors (Lipinski definition) is 5. The third-order valence-electron chi connectivity index (χ3n) is 5.52. The zero-order valence-electron chi connectivity index (χ0n) is 15.9. The lowest BCUT2D eigenvalue weighted by Gasteiger charge is -2.38. The molecule has 0 aliphatic carbocycles. The van der Waals surface area contributed by atoms with Gasteiger partial charge in [-0.3, -0.25) is 19.2 Å². The molecule has 6 nitrogen and oxygen atoms in total. The van der Waals surface area contributed by atoms with Crippen LogP contribution in [0.15, 0.2) is 71.7 Å². The van der Waals surface area contributed by atoms with Gasteiger partial charge in [0.05, 0.1) is 30.2 Å². The predicted octanol–water partition coefficient (Wildman–Crippen LogP) is 3.48. The highest BCUT2D eigenvalue weighted by molar-refractivity contribution is 5.63. The Morgan fingerprint density at radius 2 is 1.96 bits per heavy atom. The zero-order chi connectivity index (χ0) is 18.9. The number of imidazole rings is 1. The number of furan rings is 1. The van der Waals surface area contributed by atoms with E-state index in [0.29, 0.717) is 0 Å². The van der Waals surface area contributed by atoms with Gasteiger partial charge in [-0.25, -0.2) is 4.98 Å². The van der Waals surface area contributed by atoms with Gasteiger partial charge in [0.1, 0.15) is 11.4 Å². The Hall–Kier alpha value is -2.96. The molecule has 0 spiro atoms. The van der Waals surface area contributed by atoms with Crippen LogP contribution in [-0.4, -0.2) is 50.9 Å². The van der Waals surface area contributed by atoms with E-state index in [1.807, 2.05) is 36.7 Å². The summed E-state index contributed by atoms with van der Waals surface area (Å²) in [6.45, 7) is 3.82. The number of hydrogen-bond donors (Lipinski definition) is 0. The van der Waals surface area contributed by atoms with Crippen molar-refractivity contribution < 1.29 is 4.42 Å². The molecule has 5 heterocycles. The number of rotatable bonds is 4. The van der Waals surface area contributed by atoms with E-state index in [1.54, 1.807) is 6.26 Å². The second kappa shape index (κ2) is 7.22. The average molecular weight is 373 g/mol. The third kappa shape index (κ3) is 3.21. The maximum Gasteiger partial charge on any atom is 0.137 e. The molecule has 28 heavy (non-hydrogen) atoms.